The van der Waals surface area contributed by atoms with Crippen molar-refractivity contribution < 1.29 is 4.92 Å². The Morgan fingerprint density at radius 1 is 1.58 bits per heavy atom. The summed E-state index contributed by atoms with van der Waals surface area (Å²) in [6, 6.07) is 6.64. The normalized spacial score (nSPS) is 9.33. The van der Waals surface area contributed by atoms with Gasteiger partial charge in [-0.2, -0.15) is 0 Å². The van der Waals surface area contributed by atoms with Crippen LogP contribution in [0.25, 0.3) is 0 Å². The Kier molecular flexibility index (Phi) is 3.02. The van der Waals surface area contributed by atoms with Crippen LogP contribution in [-0.4, -0.2) is 19.9 Å². The summed E-state index contributed by atoms with van der Waals surface area (Å²) in [6.45, 7) is 3.59. The second-order valence-electron chi connectivity index (χ2n) is 2.04. The molecular formula is C8H7NO2Se. The van der Waals surface area contributed by atoms with Gasteiger partial charge in [-0.25, -0.2) is 0 Å². The molecule has 4 heteroatoms. The molecule has 12 heavy (non-hydrogen) atoms. The van der Waals surface area contributed by atoms with Crippen molar-refractivity contribution in [3.05, 3.63) is 45.9 Å². The standard InChI is InChI=1S/C8H7NO2Se/c1-2-12-8-5-3-4-7(6-8)9(10)11/h2-6H,1H2. The van der Waals surface area contributed by atoms with Crippen LogP contribution < -0.4 is 4.46 Å². The topological polar surface area (TPSA) is 43.1 Å². The van der Waals surface area contributed by atoms with E-state index in [0.29, 0.717) is 0 Å². The number of hydrogen-bond acceptors (Lipinski definition) is 2. The van der Waals surface area contributed by atoms with E-state index in [1.807, 2.05) is 6.07 Å². The van der Waals surface area contributed by atoms with Crippen molar-refractivity contribution in [2.24, 2.45) is 0 Å². The number of rotatable bonds is 3. The molecule has 0 heterocycles. The van der Waals surface area contributed by atoms with E-state index in [2.05, 4.69) is 6.58 Å². The Hall–Kier alpha value is -1.12. The quantitative estimate of drug-likeness (QED) is 0.441. The van der Waals surface area contributed by atoms with Crippen LogP contribution in [0.2, 0.25) is 0 Å². The third-order valence-corrected chi connectivity index (χ3v) is 2.70. The van der Waals surface area contributed by atoms with Gasteiger partial charge in [-0.05, 0) is 0 Å². The van der Waals surface area contributed by atoms with Crippen LogP contribution in [0.4, 0.5) is 5.69 Å². The predicted molar refractivity (Wildman–Crippen MR) is 48.7 cm³/mol. The first-order chi connectivity index (χ1) is 5.74. The fraction of sp³-hybridized carbons (Fsp3) is 0. The molecule has 0 bridgehead atoms. The number of benzene rings is 1. The fourth-order valence-corrected chi connectivity index (χ4v) is 1.90. The van der Waals surface area contributed by atoms with Gasteiger partial charge in [0.25, 0.3) is 0 Å². The second kappa shape index (κ2) is 4.04. The molecule has 0 aliphatic rings. The molecule has 0 aliphatic carbocycles. The molecule has 0 saturated carbocycles. The number of nitrogens with zero attached hydrogens (tertiary/aromatic N) is 1. The van der Waals surface area contributed by atoms with Gasteiger partial charge < -0.3 is 0 Å². The van der Waals surface area contributed by atoms with Gasteiger partial charge in [0.05, 0.1) is 0 Å². The zero-order valence-electron chi connectivity index (χ0n) is 6.27. The second-order valence-corrected chi connectivity index (χ2v) is 4.22. The molecule has 0 aliphatic heterocycles. The Labute approximate surface area is 76.4 Å². The molecule has 1 aromatic carbocycles. The van der Waals surface area contributed by atoms with Crippen LogP contribution in [0.1, 0.15) is 0 Å². The number of hydrogen-bond donors (Lipinski definition) is 0. The van der Waals surface area contributed by atoms with E-state index in [0.717, 1.165) is 4.46 Å². The van der Waals surface area contributed by atoms with Crippen molar-refractivity contribution >= 4 is 25.1 Å². The maximum atomic E-state index is 10.3. The van der Waals surface area contributed by atoms with Crippen molar-refractivity contribution in [1.82, 2.24) is 0 Å². The zero-order valence-corrected chi connectivity index (χ0v) is 7.98. The van der Waals surface area contributed by atoms with Gasteiger partial charge in [-0.1, -0.05) is 0 Å². The van der Waals surface area contributed by atoms with E-state index in [1.54, 1.807) is 17.1 Å². The molecule has 1 aromatic rings. The first-order valence-corrected chi connectivity index (χ1v) is 5.10. The van der Waals surface area contributed by atoms with E-state index in [9.17, 15) is 10.1 Å². The number of nitro groups is 1. The van der Waals surface area contributed by atoms with Crippen LogP contribution in [0.5, 0.6) is 0 Å². The molecule has 0 amide bonds. The van der Waals surface area contributed by atoms with E-state index in [4.69, 9.17) is 0 Å². The molecule has 0 saturated heterocycles. The van der Waals surface area contributed by atoms with Crippen molar-refractivity contribution in [2.45, 2.75) is 0 Å². The molecule has 62 valence electrons. The van der Waals surface area contributed by atoms with Crippen LogP contribution in [0.15, 0.2) is 35.8 Å². The minimum absolute atomic E-state index is 0.145. The molecule has 1 rings (SSSR count). The SMILES string of the molecule is C=C[Se]c1cccc([N+](=O)[O-])c1. The zero-order chi connectivity index (χ0) is 8.97. The third kappa shape index (κ3) is 2.19. The van der Waals surface area contributed by atoms with Gasteiger partial charge in [-0.3, -0.25) is 0 Å². The van der Waals surface area contributed by atoms with E-state index in [1.165, 1.54) is 6.07 Å². The van der Waals surface area contributed by atoms with Gasteiger partial charge in [0.15, 0.2) is 0 Å². The van der Waals surface area contributed by atoms with Gasteiger partial charge in [0, 0.05) is 0 Å². The summed E-state index contributed by atoms with van der Waals surface area (Å²) in [6.07, 6.45) is 0. The predicted octanol–water partition coefficient (Wildman–Crippen LogP) is 1.07. The summed E-state index contributed by atoms with van der Waals surface area (Å²) in [5, 5.41) is 10.3. The van der Waals surface area contributed by atoms with Crippen molar-refractivity contribution in [2.75, 3.05) is 0 Å². The molecule has 0 unspecified atom stereocenters. The maximum absolute atomic E-state index is 10.3. The summed E-state index contributed by atoms with van der Waals surface area (Å²) in [5.74, 6) is 0. The Balaban J connectivity index is 2.95. The first-order valence-electron chi connectivity index (χ1n) is 3.26. The Morgan fingerprint density at radius 2 is 2.33 bits per heavy atom. The van der Waals surface area contributed by atoms with Crippen molar-refractivity contribution in [1.29, 1.82) is 0 Å². The van der Waals surface area contributed by atoms with Gasteiger partial charge in [0.1, 0.15) is 0 Å². The van der Waals surface area contributed by atoms with Crippen molar-refractivity contribution in [3.63, 3.8) is 0 Å². The van der Waals surface area contributed by atoms with E-state index in [-0.39, 0.29) is 25.6 Å². The van der Waals surface area contributed by atoms with Crippen LogP contribution in [-0.2, 0) is 0 Å². The van der Waals surface area contributed by atoms with Crippen LogP contribution in [0, 0.1) is 10.1 Å². The average molecular weight is 228 g/mol. The number of non-ortho nitro benzene ring substituents is 1. The minimum atomic E-state index is -0.386. The monoisotopic (exact) mass is 229 g/mol. The molecule has 0 aromatic heterocycles. The molecule has 0 fully saturated rings. The Bertz CT molecular complexity index is 312. The number of nitro benzene ring substituents is 1. The summed E-state index contributed by atoms with van der Waals surface area (Å²) in [5.41, 5.74) is 0.149. The molecule has 0 spiro atoms. The molecule has 0 N–H and O–H groups in total. The van der Waals surface area contributed by atoms with E-state index >= 15 is 0 Å². The molecule has 0 radical (unpaired) electrons. The molecular weight excluding hydrogens is 221 g/mol. The fourth-order valence-electron chi connectivity index (χ4n) is 0.767. The summed E-state index contributed by atoms with van der Waals surface area (Å²) < 4.78 is 0.978. The average Bonchev–Trinajstić information content (AvgIpc) is 2.05. The first kappa shape index (κ1) is 8.97. The van der Waals surface area contributed by atoms with Crippen LogP contribution >= 0.6 is 0 Å². The van der Waals surface area contributed by atoms with Crippen LogP contribution in [0.3, 0.4) is 0 Å². The Morgan fingerprint density at radius 3 is 2.92 bits per heavy atom. The van der Waals surface area contributed by atoms with E-state index < -0.39 is 0 Å². The van der Waals surface area contributed by atoms with Gasteiger partial charge >= 0.3 is 76.0 Å². The molecule has 0 atom stereocenters. The van der Waals surface area contributed by atoms with Gasteiger partial charge in [0.2, 0.25) is 0 Å². The third-order valence-electron chi connectivity index (χ3n) is 1.25. The summed E-state index contributed by atoms with van der Waals surface area (Å²) in [7, 11) is 0. The van der Waals surface area contributed by atoms with Gasteiger partial charge in [-0.15, -0.1) is 0 Å². The summed E-state index contributed by atoms with van der Waals surface area (Å²) >= 11 is 0.145. The molecule has 3 nitrogen and oxygen atoms in total. The summed E-state index contributed by atoms with van der Waals surface area (Å²) in [4.78, 5) is 11.7. The van der Waals surface area contributed by atoms with Crippen molar-refractivity contribution in [3.8, 4) is 0 Å².